The van der Waals surface area contributed by atoms with E-state index < -0.39 is 11.9 Å². The predicted molar refractivity (Wildman–Crippen MR) is 133 cm³/mol. The number of imidazole rings is 1. The smallest absolute Gasteiger partial charge is 0.407 e. The summed E-state index contributed by atoms with van der Waals surface area (Å²) in [6.45, 7) is 2.58. The zero-order valence-corrected chi connectivity index (χ0v) is 19.8. The molecule has 0 fully saturated rings. The molecule has 180 valence electrons. The molecule has 7 nitrogen and oxygen atoms in total. The highest BCUT2D eigenvalue weighted by molar-refractivity contribution is 5.88. The van der Waals surface area contributed by atoms with Crippen LogP contribution in [0.25, 0.3) is 16.6 Å². The maximum atomic E-state index is 13.9. The van der Waals surface area contributed by atoms with Gasteiger partial charge in [0, 0.05) is 36.4 Å². The van der Waals surface area contributed by atoms with Gasteiger partial charge >= 0.3 is 6.09 Å². The highest BCUT2D eigenvalue weighted by Gasteiger charge is 2.23. The van der Waals surface area contributed by atoms with Crippen molar-refractivity contribution in [2.24, 2.45) is 0 Å². The van der Waals surface area contributed by atoms with Gasteiger partial charge in [-0.05, 0) is 53.9 Å². The van der Waals surface area contributed by atoms with Crippen molar-refractivity contribution in [3.05, 3.63) is 100 Å². The van der Waals surface area contributed by atoms with Crippen molar-refractivity contribution in [2.45, 2.75) is 26.6 Å². The van der Waals surface area contributed by atoms with Gasteiger partial charge in [-0.15, -0.1) is 0 Å². The Labute approximate surface area is 207 Å². The number of benzene rings is 3. The molecule has 1 aliphatic heterocycles. The number of rotatable bonds is 4. The van der Waals surface area contributed by atoms with Crippen molar-refractivity contribution in [3.63, 3.8) is 0 Å². The van der Waals surface area contributed by atoms with Gasteiger partial charge in [0.2, 0.25) is 0 Å². The van der Waals surface area contributed by atoms with E-state index in [4.69, 9.17) is 4.74 Å². The van der Waals surface area contributed by atoms with Crippen LogP contribution in [-0.4, -0.2) is 32.7 Å². The topological polar surface area (TPSA) is 91.4 Å². The molecular weight excluding hydrogens is 459 g/mol. The van der Waals surface area contributed by atoms with Crippen LogP contribution in [0.2, 0.25) is 0 Å². The van der Waals surface area contributed by atoms with E-state index in [9.17, 15) is 19.6 Å². The number of nitriles is 1. The number of amides is 1. The number of halogens is 1. The molecule has 2 heterocycles. The van der Waals surface area contributed by atoms with Gasteiger partial charge in [-0.2, -0.15) is 5.26 Å². The van der Waals surface area contributed by atoms with E-state index in [0.29, 0.717) is 29.3 Å². The van der Waals surface area contributed by atoms with Crippen LogP contribution in [0.15, 0.2) is 66.2 Å². The first-order valence-electron chi connectivity index (χ1n) is 11.4. The van der Waals surface area contributed by atoms with Crippen molar-refractivity contribution >= 4 is 22.7 Å². The lowest BCUT2D eigenvalue weighted by molar-refractivity contribution is 0.152. The van der Waals surface area contributed by atoms with E-state index in [-0.39, 0.29) is 13.2 Å². The number of ether oxygens (including phenoxy) is 1. The summed E-state index contributed by atoms with van der Waals surface area (Å²) in [6.07, 6.45) is -1.03. The molecule has 0 radical (unpaired) electrons. The van der Waals surface area contributed by atoms with Gasteiger partial charge in [-0.3, -0.25) is 0 Å². The molecule has 0 saturated heterocycles. The Morgan fingerprint density at radius 1 is 1.19 bits per heavy atom. The van der Waals surface area contributed by atoms with Gasteiger partial charge in [0.25, 0.3) is 0 Å². The van der Waals surface area contributed by atoms with Gasteiger partial charge < -0.3 is 19.3 Å². The second kappa shape index (κ2) is 9.19. The SMILES string of the molecule is C/C(C#N)=C1/c2ccc(Cn3c(CN(C)C(=O)O)nc4ccccc43)cc2COc2cc(F)ccc21. The minimum Gasteiger partial charge on any atom is -0.488 e. The molecule has 1 amide bonds. The number of para-hydroxylation sites is 2. The first kappa shape index (κ1) is 23.1. The fourth-order valence-electron chi connectivity index (χ4n) is 4.58. The average Bonchev–Trinajstić information content (AvgIpc) is 3.11. The number of carbonyl (C=O) groups is 1. The summed E-state index contributed by atoms with van der Waals surface area (Å²) < 4.78 is 21.9. The summed E-state index contributed by atoms with van der Waals surface area (Å²) in [5.41, 5.74) is 6.32. The highest BCUT2D eigenvalue weighted by Crippen LogP contribution is 2.39. The third-order valence-electron chi connectivity index (χ3n) is 6.36. The average molecular weight is 483 g/mol. The molecule has 36 heavy (non-hydrogen) atoms. The van der Waals surface area contributed by atoms with Crippen LogP contribution in [0.1, 0.15) is 35.0 Å². The molecule has 0 atom stereocenters. The fraction of sp³-hybridized carbons (Fsp3) is 0.179. The van der Waals surface area contributed by atoms with Crippen LogP contribution in [0, 0.1) is 17.1 Å². The van der Waals surface area contributed by atoms with Gasteiger partial charge in [-0.25, -0.2) is 14.2 Å². The number of fused-ring (bicyclic) bond motifs is 3. The van der Waals surface area contributed by atoms with Gasteiger partial charge in [0.15, 0.2) is 0 Å². The van der Waals surface area contributed by atoms with Gasteiger partial charge in [0.05, 0.1) is 23.6 Å². The van der Waals surface area contributed by atoms with Crippen LogP contribution in [0.4, 0.5) is 9.18 Å². The molecule has 0 saturated carbocycles. The van der Waals surface area contributed by atoms with Gasteiger partial charge in [0.1, 0.15) is 24.0 Å². The molecule has 3 aromatic carbocycles. The zero-order valence-electron chi connectivity index (χ0n) is 19.8. The number of hydrogen-bond donors (Lipinski definition) is 1. The summed E-state index contributed by atoms with van der Waals surface area (Å²) in [6, 6.07) is 20.2. The minimum atomic E-state index is -1.03. The molecular formula is C28H23FN4O3. The maximum absolute atomic E-state index is 13.9. The second-order valence-electron chi connectivity index (χ2n) is 8.77. The molecule has 4 aromatic rings. The number of aromatic nitrogens is 2. The van der Waals surface area contributed by atoms with Crippen LogP contribution in [0.5, 0.6) is 5.75 Å². The molecule has 1 aliphatic rings. The molecule has 5 rings (SSSR count). The fourth-order valence-corrected chi connectivity index (χ4v) is 4.58. The van der Waals surface area contributed by atoms with Gasteiger partial charge in [-0.1, -0.05) is 24.3 Å². The van der Waals surface area contributed by atoms with Crippen LogP contribution in [0.3, 0.4) is 0 Å². The molecule has 1 N–H and O–H groups in total. The molecule has 0 bridgehead atoms. The third kappa shape index (κ3) is 4.16. The summed E-state index contributed by atoms with van der Waals surface area (Å²) >= 11 is 0. The number of hydrogen-bond acceptors (Lipinski definition) is 4. The Morgan fingerprint density at radius 3 is 2.75 bits per heavy atom. The normalized spacial score (nSPS) is 13.7. The lowest BCUT2D eigenvalue weighted by atomic mass is 9.90. The monoisotopic (exact) mass is 482 g/mol. The molecule has 0 spiro atoms. The van der Waals surface area contributed by atoms with Crippen LogP contribution < -0.4 is 4.74 Å². The second-order valence-corrected chi connectivity index (χ2v) is 8.77. The lowest BCUT2D eigenvalue weighted by Gasteiger charge is -2.16. The van der Waals surface area contributed by atoms with E-state index in [1.165, 1.54) is 24.1 Å². The Kier molecular flexibility index (Phi) is 5.90. The van der Waals surface area contributed by atoms with Crippen molar-refractivity contribution in [3.8, 4) is 11.8 Å². The molecule has 8 heteroatoms. The van der Waals surface area contributed by atoms with Crippen LogP contribution >= 0.6 is 0 Å². The summed E-state index contributed by atoms with van der Waals surface area (Å²) in [5, 5.41) is 19.0. The number of allylic oxidation sites excluding steroid dienone is 1. The first-order chi connectivity index (χ1) is 17.4. The standard InChI is InChI=1S/C28H23FN4O3/c1-17(13-30)27-21-9-7-18(11-19(21)16-36-25-12-20(29)8-10-22(25)27)14-33-24-6-4-3-5-23(24)31-26(33)15-32(2)28(34)35/h3-12H,14-16H2,1-2H3,(H,34,35)/b27-17+. The van der Waals surface area contributed by atoms with E-state index in [1.807, 2.05) is 47.0 Å². The maximum Gasteiger partial charge on any atom is 0.407 e. The zero-order chi connectivity index (χ0) is 25.4. The Balaban J connectivity index is 1.58. The Hall–Kier alpha value is -4.64. The Bertz CT molecular complexity index is 1580. The van der Waals surface area contributed by atoms with E-state index in [1.54, 1.807) is 13.0 Å². The van der Waals surface area contributed by atoms with Crippen molar-refractivity contribution in [1.82, 2.24) is 14.5 Å². The van der Waals surface area contributed by atoms with E-state index in [0.717, 1.165) is 33.3 Å². The minimum absolute atomic E-state index is 0.146. The molecule has 1 aromatic heterocycles. The summed E-state index contributed by atoms with van der Waals surface area (Å²) in [4.78, 5) is 17.3. The quantitative estimate of drug-likeness (QED) is 0.384. The third-order valence-corrected chi connectivity index (χ3v) is 6.36. The predicted octanol–water partition coefficient (Wildman–Crippen LogP) is 5.57. The molecule has 0 unspecified atom stereocenters. The first-order valence-corrected chi connectivity index (χ1v) is 11.4. The molecule has 0 aliphatic carbocycles. The van der Waals surface area contributed by atoms with Crippen molar-refractivity contribution < 1.29 is 19.0 Å². The number of carboxylic acid groups (broad SMARTS) is 1. The number of nitrogens with zero attached hydrogens (tertiary/aromatic N) is 4. The highest BCUT2D eigenvalue weighted by atomic mass is 19.1. The van der Waals surface area contributed by atoms with Crippen molar-refractivity contribution in [1.29, 1.82) is 5.26 Å². The summed E-state index contributed by atoms with van der Waals surface area (Å²) in [5.74, 6) is 0.633. The van der Waals surface area contributed by atoms with E-state index >= 15 is 0 Å². The lowest BCUT2D eigenvalue weighted by Crippen LogP contribution is -2.26. The Morgan fingerprint density at radius 2 is 1.97 bits per heavy atom. The van der Waals surface area contributed by atoms with E-state index in [2.05, 4.69) is 11.1 Å². The van der Waals surface area contributed by atoms with Crippen LogP contribution in [-0.2, 0) is 19.7 Å². The summed E-state index contributed by atoms with van der Waals surface area (Å²) in [7, 11) is 1.51. The van der Waals surface area contributed by atoms with Crippen molar-refractivity contribution in [2.75, 3.05) is 7.05 Å². The largest absolute Gasteiger partial charge is 0.488 e.